The summed E-state index contributed by atoms with van der Waals surface area (Å²) in [6, 6.07) is 18.9. The number of aromatic amines is 1. The molecule has 2 fully saturated rings. The first-order chi connectivity index (χ1) is 17.0. The molecule has 1 aromatic heterocycles. The molecule has 0 aliphatic carbocycles. The van der Waals surface area contributed by atoms with Gasteiger partial charge in [-0.3, -0.25) is 9.69 Å². The molecule has 2 aromatic carbocycles. The quantitative estimate of drug-likeness (QED) is 0.566. The minimum absolute atomic E-state index is 0.157. The van der Waals surface area contributed by atoms with E-state index in [1.54, 1.807) is 12.3 Å². The molecule has 0 spiro atoms. The van der Waals surface area contributed by atoms with Gasteiger partial charge in [0.2, 0.25) is 0 Å². The van der Waals surface area contributed by atoms with Crippen molar-refractivity contribution in [2.75, 3.05) is 54.5 Å². The van der Waals surface area contributed by atoms with Crippen LogP contribution in [0.5, 0.6) is 0 Å². The molecule has 35 heavy (non-hydrogen) atoms. The third-order valence-corrected chi connectivity index (χ3v) is 7.12. The van der Waals surface area contributed by atoms with E-state index in [-0.39, 0.29) is 5.91 Å². The van der Waals surface area contributed by atoms with Crippen molar-refractivity contribution in [2.24, 2.45) is 0 Å². The maximum Gasteiger partial charge on any atom is 0.275 e. The fourth-order valence-electron chi connectivity index (χ4n) is 4.80. The number of halogens is 1. The van der Waals surface area contributed by atoms with Gasteiger partial charge >= 0.3 is 0 Å². The first-order valence-corrected chi connectivity index (χ1v) is 12.4. The van der Waals surface area contributed by atoms with Gasteiger partial charge in [0.1, 0.15) is 0 Å². The predicted molar refractivity (Wildman–Crippen MR) is 137 cm³/mol. The number of nitrogens with zero attached hydrogens (tertiary/aromatic N) is 2. The molecule has 0 atom stereocenters. The van der Waals surface area contributed by atoms with Gasteiger partial charge in [0, 0.05) is 37.0 Å². The summed E-state index contributed by atoms with van der Waals surface area (Å²) in [5.41, 5.74) is 2.38. The highest BCUT2D eigenvalue weighted by atomic mass is 35.5. The van der Waals surface area contributed by atoms with Gasteiger partial charge in [-0.05, 0) is 35.9 Å². The van der Waals surface area contributed by atoms with Crippen molar-refractivity contribution in [2.45, 2.75) is 18.4 Å². The van der Waals surface area contributed by atoms with Crippen LogP contribution in [0.1, 0.15) is 28.8 Å². The molecule has 0 radical (unpaired) electrons. The van der Waals surface area contributed by atoms with Gasteiger partial charge in [-0.15, -0.1) is 0 Å². The molecule has 7 nitrogen and oxygen atoms in total. The predicted octanol–water partition coefficient (Wildman–Crippen LogP) is 3.73. The van der Waals surface area contributed by atoms with Crippen LogP contribution in [0.4, 0.5) is 17.2 Å². The first kappa shape index (κ1) is 23.6. The van der Waals surface area contributed by atoms with Gasteiger partial charge in [-0.25, -0.2) is 4.98 Å². The Bertz CT molecular complexity index is 1170. The Hall–Kier alpha value is -3.13. The summed E-state index contributed by atoms with van der Waals surface area (Å²) < 4.78 is 5.47. The number of pyridine rings is 1. The average molecular weight is 494 g/mol. The minimum atomic E-state index is -0.876. The van der Waals surface area contributed by atoms with Crippen molar-refractivity contribution < 1.29 is 19.6 Å². The molecule has 0 unspecified atom stereocenters. The molecule has 2 saturated heterocycles. The van der Waals surface area contributed by atoms with Crippen molar-refractivity contribution in [3.8, 4) is 0 Å². The zero-order valence-corrected chi connectivity index (χ0v) is 20.3. The zero-order valence-electron chi connectivity index (χ0n) is 19.5. The smallest absolute Gasteiger partial charge is 0.275 e. The van der Waals surface area contributed by atoms with Gasteiger partial charge in [0.25, 0.3) is 11.7 Å². The Morgan fingerprint density at radius 1 is 0.971 bits per heavy atom. The highest BCUT2D eigenvalue weighted by molar-refractivity contribution is 6.30. The normalized spacial score (nSPS) is 17.8. The molecule has 182 valence electrons. The lowest BCUT2D eigenvalue weighted by atomic mass is 9.84. The highest BCUT2D eigenvalue weighted by Gasteiger charge is 2.37. The van der Waals surface area contributed by atoms with E-state index in [4.69, 9.17) is 16.3 Å². The number of carbonyl (C=O) groups excluding carboxylic acids is 1. The molecule has 3 aromatic rings. The molecule has 0 saturated carbocycles. The number of carbonyl (C=O) groups is 1. The van der Waals surface area contributed by atoms with Gasteiger partial charge < -0.3 is 20.1 Å². The Balaban J connectivity index is 1.27. The van der Waals surface area contributed by atoms with Crippen LogP contribution in [-0.4, -0.2) is 50.4 Å². The van der Waals surface area contributed by atoms with E-state index in [1.807, 2.05) is 54.6 Å². The summed E-state index contributed by atoms with van der Waals surface area (Å²) in [6.45, 7) is 4.30. The summed E-state index contributed by atoms with van der Waals surface area (Å²) in [5, 5.41) is 14.9. The average Bonchev–Trinajstić information content (AvgIpc) is 2.90. The lowest BCUT2D eigenvalue weighted by Gasteiger charge is -2.35. The Morgan fingerprint density at radius 3 is 2.43 bits per heavy atom. The monoisotopic (exact) mass is 493 g/mol. The van der Waals surface area contributed by atoms with Crippen molar-refractivity contribution >= 4 is 34.7 Å². The minimum Gasteiger partial charge on any atom is -0.385 e. The number of aromatic nitrogens is 1. The van der Waals surface area contributed by atoms with E-state index in [2.05, 4.69) is 20.1 Å². The molecular formula is C27H30ClN4O3+. The van der Waals surface area contributed by atoms with Gasteiger partial charge in [-0.2, -0.15) is 0 Å². The van der Waals surface area contributed by atoms with Crippen LogP contribution >= 0.6 is 11.6 Å². The molecule has 3 heterocycles. The number of ether oxygens (including phenoxy) is 1. The van der Waals surface area contributed by atoms with Crippen molar-refractivity contribution in [3.63, 3.8) is 0 Å². The summed E-state index contributed by atoms with van der Waals surface area (Å²) >= 11 is 6.00. The number of amides is 1. The molecule has 8 heteroatoms. The number of aliphatic hydroxyl groups is 1. The van der Waals surface area contributed by atoms with Crippen molar-refractivity contribution in [1.82, 2.24) is 0 Å². The van der Waals surface area contributed by atoms with Crippen LogP contribution < -0.4 is 20.1 Å². The molecule has 3 N–H and O–H groups in total. The molecule has 2 aliphatic heterocycles. The first-order valence-electron chi connectivity index (χ1n) is 12.0. The van der Waals surface area contributed by atoms with Crippen molar-refractivity contribution in [3.05, 3.63) is 83.0 Å². The van der Waals surface area contributed by atoms with Crippen LogP contribution in [0.2, 0.25) is 5.02 Å². The van der Waals surface area contributed by atoms with E-state index >= 15 is 0 Å². The van der Waals surface area contributed by atoms with Crippen molar-refractivity contribution in [1.29, 1.82) is 0 Å². The Kier molecular flexibility index (Phi) is 6.90. The second kappa shape index (κ2) is 10.2. The van der Waals surface area contributed by atoms with Gasteiger partial charge in [0.15, 0.2) is 0 Å². The number of para-hydroxylation sites is 2. The van der Waals surface area contributed by atoms with Crippen LogP contribution in [0.3, 0.4) is 0 Å². The zero-order chi connectivity index (χ0) is 24.3. The van der Waals surface area contributed by atoms with E-state index < -0.39 is 5.60 Å². The second-order valence-corrected chi connectivity index (χ2v) is 9.50. The third kappa shape index (κ3) is 5.27. The number of nitrogens with one attached hydrogen (secondary N) is 2. The van der Waals surface area contributed by atoms with Crippen LogP contribution in [0.15, 0.2) is 66.9 Å². The standard InChI is InChI=1S/C27H29ClN4O3/c28-22-7-5-21(6-8-22)27(34)10-13-32(14-11-27)25-19-20(9-12-29-25)26(33)30-23-3-1-2-4-24(23)31-15-17-35-18-16-31/h1-9,12,19,34H,10-11,13-18H2,(H,30,33)/p+1. The SMILES string of the molecule is O=C(Nc1ccccc1N1CCOCC1)c1cc[nH+]c(N2CCC(O)(c3ccc(Cl)cc3)CC2)c1. The fraction of sp³-hybridized carbons (Fsp3) is 0.333. The molecule has 2 aliphatic rings. The molecule has 5 rings (SSSR count). The summed E-state index contributed by atoms with van der Waals surface area (Å²) in [7, 11) is 0. The van der Waals surface area contributed by atoms with Crippen LogP contribution in [-0.2, 0) is 10.3 Å². The fourth-order valence-corrected chi connectivity index (χ4v) is 4.92. The number of hydrogen-bond donors (Lipinski definition) is 2. The van der Waals surface area contributed by atoms with Crippen LogP contribution in [0.25, 0.3) is 0 Å². The van der Waals surface area contributed by atoms with E-state index in [0.29, 0.717) is 49.7 Å². The van der Waals surface area contributed by atoms with E-state index in [1.165, 1.54) is 0 Å². The third-order valence-electron chi connectivity index (χ3n) is 6.87. The Labute approximate surface area is 210 Å². The van der Waals surface area contributed by atoms with E-state index in [9.17, 15) is 9.90 Å². The Morgan fingerprint density at radius 2 is 1.69 bits per heavy atom. The lowest BCUT2D eigenvalue weighted by molar-refractivity contribution is -0.364. The summed E-state index contributed by atoms with van der Waals surface area (Å²) in [4.78, 5) is 20.8. The number of hydrogen-bond acceptors (Lipinski definition) is 5. The number of piperidine rings is 1. The van der Waals surface area contributed by atoms with Gasteiger partial charge in [-0.1, -0.05) is 35.9 Å². The number of H-pyrrole nitrogens is 1. The van der Waals surface area contributed by atoms with E-state index in [0.717, 1.165) is 35.8 Å². The van der Waals surface area contributed by atoms with Crippen LogP contribution in [0, 0.1) is 0 Å². The number of morpholine rings is 1. The second-order valence-electron chi connectivity index (χ2n) is 9.06. The maximum absolute atomic E-state index is 13.2. The maximum atomic E-state index is 13.2. The summed E-state index contributed by atoms with van der Waals surface area (Å²) in [5.74, 6) is 0.702. The topological polar surface area (TPSA) is 79.2 Å². The molecular weight excluding hydrogens is 464 g/mol. The number of rotatable bonds is 5. The molecule has 0 bridgehead atoms. The summed E-state index contributed by atoms with van der Waals surface area (Å²) in [6.07, 6.45) is 2.97. The lowest BCUT2D eigenvalue weighted by Crippen LogP contribution is -2.44. The van der Waals surface area contributed by atoms with Gasteiger partial charge in [0.05, 0.1) is 55.0 Å². The largest absolute Gasteiger partial charge is 0.385 e. The number of benzene rings is 2. The highest BCUT2D eigenvalue weighted by Crippen LogP contribution is 2.34. The molecule has 1 amide bonds. The number of anilines is 3.